The molecule has 0 aliphatic heterocycles. The van der Waals surface area contributed by atoms with Crippen molar-refractivity contribution in [2.45, 2.75) is 32.9 Å². The Morgan fingerprint density at radius 2 is 1.61 bits per heavy atom. The van der Waals surface area contributed by atoms with E-state index in [1.807, 2.05) is 0 Å². The van der Waals surface area contributed by atoms with Crippen molar-refractivity contribution in [2.75, 3.05) is 0 Å². The highest BCUT2D eigenvalue weighted by atomic mass is 35.5. The normalized spacial score (nSPS) is 12.9. The molecule has 0 aliphatic carbocycles. The number of ether oxygens (including phenoxy) is 1. The van der Waals surface area contributed by atoms with Gasteiger partial charge in [0.25, 0.3) is 5.91 Å². The molecular formula is C21H21ClFNO4. The van der Waals surface area contributed by atoms with E-state index >= 15 is 0 Å². The molecule has 0 spiro atoms. The molecule has 28 heavy (non-hydrogen) atoms. The van der Waals surface area contributed by atoms with Crippen molar-refractivity contribution in [3.63, 3.8) is 0 Å². The average molecular weight is 406 g/mol. The molecule has 0 unspecified atom stereocenters. The predicted molar refractivity (Wildman–Crippen MR) is 104 cm³/mol. The van der Waals surface area contributed by atoms with Gasteiger partial charge in [0.1, 0.15) is 11.9 Å². The zero-order valence-corrected chi connectivity index (χ0v) is 16.5. The topological polar surface area (TPSA) is 72.5 Å². The summed E-state index contributed by atoms with van der Waals surface area (Å²) in [5, 5.41) is 2.87. The van der Waals surface area contributed by atoms with Gasteiger partial charge >= 0.3 is 5.97 Å². The van der Waals surface area contributed by atoms with E-state index in [9.17, 15) is 18.8 Å². The number of esters is 1. The van der Waals surface area contributed by atoms with Crippen LogP contribution in [0.4, 0.5) is 4.39 Å². The summed E-state index contributed by atoms with van der Waals surface area (Å²) in [5.41, 5.74) is 0.459. The molecule has 2 aromatic carbocycles. The zero-order chi connectivity index (χ0) is 20.8. The number of ketones is 1. The predicted octanol–water partition coefficient (Wildman–Crippen LogP) is 4.05. The molecule has 0 heterocycles. The van der Waals surface area contributed by atoms with Crippen molar-refractivity contribution in [3.05, 3.63) is 70.5 Å². The van der Waals surface area contributed by atoms with Crippen LogP contribution in [0, 0.1) is 11.7 Å². The molecule has 0 saturated heterocycles. The van der Waals surface area contributed by atoms with E-state index < -0.39 is 35.6 Å². The maximum atomic E-state index is 13.0. The van der Waals surface area contributed by atoms with Gasteiger partial charge in [-0.25, -0.2) is 9.18 Å². The number of carbonyl (C=O) groups excluding carboxylic acids is 3. The van der Waals surface area contributed by atoms with Crippen LogP contribution >= 0.6 is 11.6 Å². The molecule has 0 fully saturated rings. The first-order valence-corrected chi connectivity index (χ1v) is 9.14. The maximum absolute atomic E-state index is 13.0. The molecule has 0 aliphatic rings. The lowest BCUT2D eigenvalue weighted by Gasteiger charge is -2.23. The highest BCUT2D eigenvalue weighted by Crippen LogP contribution is 2.16. The molecule has 0 aromatic heterocycles. The SMILES string of the molecule is CC(C)[C@H](NC(=O)c1ccccc1Cl)C(=O)O[C@H](C)C(=O)c1ccc(F)cc1. The van der Waals surface area contributed by atoms with Crippen molar-refractivity contribution in [3.8, 4) is 0 Å². The Kier molecular flexibility index (Phi) is 7.29. The smallest absolute Gasteiger partial charge is 0.329 e. The van der Waals surface area contributed by atoms with Gasteiger partial charge in [-0.2, -0.15) is 0 Å². The van der Waals surface area contributed by atoms with Crippen molar-refractivity contribution in [2.24, 2.45) is 5.92 Å². The Labute approximate surface area is 167 Å². The minimum absolute atomic E-state index is 0.225. The quantitative estimate of drug-likeness (QED) is 0.557. The van der Waals surface area contributed by atoms with Gasteiger partial charge in [-0.3, -0.25) is 9.59 Å². The summed E-state index contributed by atoms with van der Waals surface area (Å²) < 4.78 is 18.3. The number of benzene rings is 2. The van der Waals surface area contributed by atoms with Crippen LogP contribution in [0.15, 0.2) is 48.5 Å². The molecule has 2 rings (SSSR count). The monoisotopic (exact) mass is 405 g/mol. The second-order valence-electron chi connectivity index (χ2n) is 6.63. The van der Waals surface area contributed by atoms with Crippen LogP contribution in [0.2, 0.25) is 5.02 Å². The first kappa shape index (κ1) is 21.6. The Balaban J connectivity index is 2.08. The number of amides is 1. The van der Waals surface area contributed by atoms with Crippen LogP contribution in [0.3, 0.4) is 0 Å². The lowest BCUT2D eigenvalue weighted by Crippen LogP contribution is -2.46. The largest absolute Gasteiger partial charge is 0.453 e. The summed E-state index contributed by atoms with van der Waals surface area (Å²) in [6.45, 7) is 4.91. The summed E-state index contributed by atoms with van der Waals surface area (Å²) in [7, 11) is 0. The molecule has 0 saturated carbocycles. The standard InChI is InChI=1S/C21H21ClFNO4/c1-12(2)18(24-20(26)16-6-4-5-7-17(16)22)21(27)28-13(3)19(25)14-8-10-15(23)11-9-14/h4-13,18H,1-3H3,(H,24,26)/t13-,18+/m1/s1. The van der Waals surface area contributed by atoms with Gasteiger partial charge in [-0.05, 0) is 49.2 Å². The summed E-state index contributed by atoms with van der Waals surface area (Å²) >= 11 is 6.02. The number of Topliss-reactive ketones (excluding diaryl/α,β-unsaturated/α-hetero) is 1. The Morgan fingerprint density at radius 1 is 1.00 bits per heavy atom. The third-order valence-electron chi connectivity index (χ3n) is 4.12. The number of halogens is 2. The summed E-state index contributed by atoms with van der Waals surface area (Å²) in [5.74, 6) is -2.47. The second kappa shape index (κ2) is 9.46. The number of carbonyl (C=O) groups is 3. The first-order chi connectivity index (χ1) is 13.2. The van der Waals surface area contributed by atoms with Gasteiger partial charge in [0.15, 0.2) is 6.10 Å². The highest BCUT2D eigenvalue weighted by molar-refractivity contribution is 6.33. The minimum atomic E-state index is -1.09. The van der Waals surface area contributed by atoms with Gasteiger partial charge < -0.3 is 10.1 Å². The Morgan fingerprint density at radius 3 is 2.18 bits per heavy atom. The summed E-state index contributed by atoms with van der Waals surface area (Å²) in [4.78, 5) is 37.4. The maximum Gasteiger partial charge on any atom is 0.329 e. The molecule has 148 valence electrons. The van der Waals surface area contributed by atoms with Gasteiger partial charge in [0.2, 0.25) is 5.78 Å². The van der Waals surface area contributed by atoms with Gasteiger partial charge in [0, 0.05) is 5.56 Å². The van der Waals surface area contributed by atoms with E-state index in [2.05, 4.69) is 5.32 Å². The summed E-state index contributed by atoms with van der Waals surface area (Å²) in [6, 6.07) is 10.5. The first-order valence-electron chi connectivity index (χ1n) is 8.76. The van der Waals surface area contributed by atoms with E-state index in [-0.39, 0.29) is 22.1 Å². The lowest BCUT2D eigenvalue weighted by atomic mass is 10.0. The second-order valence-corrected chi connectivity index (χ2v) is 7.03. The number of nitrogens with one attached hydrogen (secondary N) is 1. The van der Waals surface area contributed by atoms with E-state index in [0.717, 1.165) is 12.1 Å². The molecular weight excluding hydrogens is 385 g/mol. The van der Waals surface area contributed by atoms with E-state index in [0.29, 0.717) is 0 Å². The number of rotatable bonds is 7. The molecule has 7 heteroatoms. The van der Waals surface area contributed by atoms with Crippen molar-refractivity contribution >= 4 is 29.3 Å². The molecule has 5 nitrogen and oxygen atoms in total. The molecule has 1 amide bonds. The van der Waals surface area contributed by atoms with Gasteiger partial charge in [0.05, 0.1) is 10.6 Å². The molecule has 1 N–H and O–H groups in total. The number of hydrogen-bond donors (Lipinski definition) is 1. The third kappa shape index (κ3) is 5.39. The Bertz CT molecular complexity index is 867. The summed E-state index contributed by atoms with van der Waals surface area (Å²) in [6.07, 6.45) is -1.09. The minimum Gasteiger partial charge on any atom is -0.453 e. The Hall–Kier alpha value is -2.73. The van der Waals surface area contributed by atoms with Gasteiger partial charge in [-0.15, -0.1) is 0 Å². The molecule has 2 aromatic rings. The van der Waals surface area contributed by atoms with Crippen LogP contribution in [0.25, 0.3) is 0 Å². The van der Waals surface area contributed by atoms with E-state index in [1.165, 1.54) is 19.1 Å². The number of hydrogen-bond acceptors (Lipinski definition) is 4. The van der Waals surface area contributed by atoms with Crippen LogP contribution in [-0.4, -0.2) is 29.8 Å². The van der Waals surface area contributed by atoms with Gasteiger partial charge in [-0.1, -0.05) is 37.6 Å². The molecule has 2 atom stereocenters. The van der Waals surface area contributed by atoms with Crippen LogP contribution < -0.4 is 5.32 Å². The zero-order valence-electron chi connectivity index (χ0n) is 15.7. The van der Waals surface area contributed by atoms with Crippen LogP contribution in [-0.2, 0) is 9.53 Å². The third-order valence-corrected chi connectivity index (χ3v) is 4.45. The van der Waals surface area contributed by atoms with E-state index in [4.69, 9.17) is 16.3 Å². The lowest BCUT2D eigenvalue weighted by molar-refractivity contribution is -0.149. The van der Waals surface area contributed by atoms with Crippen molar-refractivity contribution in [1.82, 2.24) is 5.32 Å². The van der Waals surface area contributed by atoms with Crippen LogP contribution in [0.1, 0.15) is 41.5 Å². The fourth-order valence-electron chi connectivity index (χ4n) is 2.51. The van der Waals surface area contributed by atoms with Crippen molar-refractivity contribution < 1.29 is 23.5 Å². The average Bonchev–Trinajstić information content (AvgIpc) is 2.65. The molecule has 0 radical (unpaired) electrons. The highest BCUT2D eigenvalue weighted by Gasteiger charge is 2.30. The van der Waals surface area contributed by atoms with E-state index in [1.54, 1.807) is 38.1 Å². The van der Waals surface area contributed by atoms with Crippen molar-refractivity contribution in [1.29, 1.82) is 0 Å². The van der Waals surface area contributed by atoms with Crippen LogP contribution in [0.5, 0.6) is 0 Å². The fourth-order valence-corrected chi connectivity index (χ4v) is 2.73. The fraction of sp³-hybridized carbons (Fsp3) is 0.286. The molecule has 0 bridgehead atoms.